The van der Waals surface area contributed by atoms with Gasteiger partial charge in [0.15, 0.2) is 5.82 Å². The number of aromatic nitrogens is 4. The Labute approximate surface area is 159 Å². The molecule has 0 atom stereocenters. The molecule has 3 heterocycles. The highest BCUT2D eigenvalue weighted by atomic mass is 16.5. The first kappa shape index (κ1) is 18.3. The van der Waals surface area contributed by atoms with E-state index in [1.54, 1.807) is 4.68 Å². The second kappa shape index (κ2) is 7.92. The molecular weight excluding hydrogens is 342 g/mol. The minimum Gasteiger partial charge on any atom is -0.338 e. The highest BCUT2D eigenvalue weighted by Gasteiger charge is 2.23. The van der Waals surface area contributed by atoms with Crippen molar-refractivity contribution >= 4 is 0 Å². The Morgan fingerprint density at radius 2 is 2.00 bits per heavy atom. The average Bonchev–Trinajstić information content (AvgIpc) is 3.13. The summed E-state index contributed by atoms with van der Waals surface area (Å²) < 4.78 is 7.07. The molecule has 0 unspecified atom stereocenters. The summed E-state index contributed by atoms with van der Waals surface area (Å²) in [6, 6.07) is 1.82. The van der Waals surface area contributed by atoms with Crippen molar-refractivity contribution in [3.8, 4) is 0 Å². The molecule has 27 heavy (non-hydrogen) atoms. The zero-order valence-electron chi connectivity index (χ0n) is 16.4. The highest BCUT2D eigenvalue weighted by molar-refractivity contribution is 5.20. The fraction of sp³-hybridized carbons (Fsp3) is 0.700. The van der Waals surface area contributed by atoms with Gasteiger partial charge in [-0.25, -0.2) is 4.68 Å². The van der Waals surface area contributed by atoms with Crippen molar-refractivity contribution in [3.63, 3.8) is 0 Å². The Bertz CT molecular complexity index is 833. The van der Waals surface area contributed by atoms with Gasteiger partial charge >= 0.3 is 0 Å². The van der Waals surface area contributed by atoms with Crippen LogP contribution in [0.4, 0.5) is 0 Å². The Kier molecular flexibility index (Phi) is 5.38. The van der Waals surface area contributed by atoms with E-state index in [0.717, 1.165) is 62.4 Å². The average molecular weight is 371 g/mol. The summed E-state index contributed by atoms with van der Waals surface area (Å²) >= 11 is 0. The van der Waals surface area contributed by atoms with E-state index >= 15 is 0 Å². The van der Waals surface area contributed by atoms with Gasteiger partial charge in [-0.1, -0.05) is 19.0 Å². The van der Waals surface area contributed by atoms with E-state index in [1.165, 1.54) is 12.8 Å². The lowest BCUT2D eigenvalue weighted by atomic mass is 9.96. The van der Waals surface area contributed by atoms with Crippen LogP contribution >= 0.6 is 0 Å². The minimum atomic E-state index is 0.0603. The fourth-order valence-corrected chi connectivity index (χ4v) is 4.06. The van der Waals surface area contributed by atoms with Crippen LogP contribution in [0.15, 0.2) is 15.4 Å². The topological polar surface area (TPSA) is 77.0 Å². The zero-order chi connectivity index (χ0) is 18.8. The lowest BCUT2D eigenvalue weighted by Crippen LogP contribution is -2.37. The van der Waals surface area contributed by atoms with Crippen LogP contribution in [0.3, 0.4) is 0 Å². The summed E-state index contributed by atoms with van der Waals surface area (Å²) in [7, 11) is 0. The second-order valence-corrected chi connectivity index (χ2v) is 8.26. The lowest BCUT2D eigenvalue weighted by Gasteiger charge is -2.31. The molecule has 1 aliphatic heterocycles. The van der Waals surface area contributed by atoms with Gasteiger partial charge in [-0.2, -0.15) is 10.1 Å². The molecule has 7 heteroatoms. The van der Waals surface area contributed by atoms with E-state index in [-0.39, 0.29) is 11.5 Å². The third kappa shape index (κ3) is 4.29. The smallest absolute Gasteiger partial charge is 0.267 e. The first-order valence-corrected chi connectivity index (χ1v) is 10.2. The summed E-state index contributed by atoms with van der Waals surface area (Å²) in [5.41, 5.74) is 2.36. The molecule has 1 fully saturated rings. The first-order chi connectivity index (χ1) is 13.1. The van der Waals surface area contributed by atoms with Crippen molar-refractivity contribution in [3.05, 3.63) is 39.4 Å². The summed E-state index contributed by atoms with van der Waals surface area (Å²) in [5, 5.41) is 8.71. The van der Waals surface area contributed by atoms with E-state index < -0.39 is 0 Å². The molecule has 146 valence electrons. The van der Waals surface area contributed by atoms with Crippen molar-refractivity contribution in [1.82, 2.24) is 24.8 Å². The van der Waals surface area contributed by atoms with Gasteiger partial charge in [-0.3, -0.25) is 9.69 Å². The van der Waals surface area contributed by atoms with Crippen molar-refractivity contribution in [2.24, 2.45) is 5.92 Å². The first-order valence-electron chi connectivity index (χ1n) is 10.2. The van der Waals surface area contributed by atoms with Crippen LogP contribution < -0.4 is 5.56 Å². The molecule has 2 aliphatic rings. The number of hydrogen-bond donors (Lipinski definition) is 0. The molecular formula is C20H29N5O2. The van der Waals surface area contributed by atoms with Crippen LogP contribution in [-0.4, -0.2) is 37.9 Å². The van der Waals surface area contributed by atoms with Crippen molar-refractivity contribution < 1.29 is 4.52 Å². The molecule has 1 saturated heterocycles. The lowest BCUT2D eigenvalue weighted by molar-refractivity contribution is 0.148. The molecule has 0 saturated carbocycles. The summed E-state index contributed by atoms with van der Waals surface area (Å²) in [5.74, 6) is 2.26. The quantitative estimate of drug-likeness (QED) is 0.804. The molecule has 1 aliphatic carbocycles. The molecule has 0 N–H and O–H groups in total. The van der Waals surface area contributed by atoms with E-state index in [2.05, 4.69) is 34.0 Å². The number of fused-ring (bicyclic) bond motifs is 1. The van der Waals surface area contributed by atoms with E-state index in [9.17, 15) is 4.79 Å². The molecule has 4 rings (SSSR count). The Balaban J connectivity index is 1.32. The third-order valence-electron chi connectivity index (χ3n) is 5.77. The summed E-state index contributed by atoms with van der Waals surface area (Å²) in [4.78, 5) is 19.2. The van der Waals surface area contributed by atoms with Gasteiger partial charge in [-0.15, -0.1) is 0 Å². The Hall–Kier alpha value is -2.02. The van der Waals surface area contributed by atoms with Crippen LogP contribution in [0.5, 0.6) is 0 Å². The standard InChI is InChI=1S/C20H29N5O2/c1-14(2)20-21-18(27-23-20)13-24-9-7-15(8-10-24)12-25-19(26)11-16-5-3-4-6-17(16)22-25/h11,14-15H,3-10,12-13H2,1-2H3. The maximum absolute atomic E-state index is 12.4. The molecule has 0 amide bonds. The van der Waals surface area contributed by atoms with Crippen LogP contribution in [-0.2, 0) is 25.9 Å². The van der Waals surface area contributed by atoms with Gasteiger partial charge in [-0.05, 0) is 63.1 Å². The van der Waals surface area contributed by atoms with Crippen LogP contribution in [0.2, 0.25) is 0 Å². The molecule has 0 spiro atoms. The predicted molar refractivity (Wildman–Crippen MR) is 102 cm³/mol. The third-order valence-corrected chi connectivity index (χ3v) is 5.77. The van der Waals surface area contributed by atoms with Gasteiger partial charge < -0.3 is 4.52 Å². The number of nitrogens with zero attached hydrogens (tertiary/aromatic N) is 5. The fourth-order valence-electron chi connectivity index (χ4n) is 4.06. The minimum absolute atomic E-state index is 0.0603. The van der Waals surface area contributed by atoms with Crippen molar-refractivity contribution in [2.45, 2.75) is 71.4 Å². The SMILES string of the molecule is CC(C)c1noc(CN2CCC(Cn3nc4c(cc3=O)CCCC4)CC2)n1. The maximum Gasteiger partial charge on any atom is 0.267 e. The number of hydrogen-bond acceptors (Lipinski definition) is 6. The van der Waals surface area contributed by atoms with Crippen LogP contribution in [0, 0.1) is 5.92 Å². The van der Waals surface area contributed by atoms with Crippen molar-refractivity contribution in [2.75, 3.05) is 13.1 Å². The maximum atomic E-state index is 12.4. The Morgan fingerprint density at radius 3 is 2.74 bits per heavy atom. The molecule has 0 radical (unpaired) electrons. The number of piperidine rings is 1. The zero-order valence-corrected chi connectivity index (χ0v) is 16.4. The van der Waals surface area contributed by atoms with Gasteiger partial charge in [0.25, 0.3) is 5.56 Å². The largest absolute Gasteiger partial charge is 0.338 e. The highest BCUT2D eigenvalue weighted by Crippen LogP contribution is 2.21. The molecule has 0 bridgehead atoms. The second-order valence-electron chi connectivity index (χ2n) is 8.26. The summed E-state index contributed by atoms with van der Waals surface area (Å²) in [6.07, 6.45) is 6.51. The van der Waals surface area contributed by atoms with Gasteiger partial charge in [0.1, 0.15) is 0 Å². The number of likely N-dealkylation sites (tertiary alicyclic amines) is 1. The van der Waals surface area contributed by atoms with Crippen LogP contribution in [0.25, 0.3) is 0 Å². The van der Waals surface area contributed by atoms with Gasteiger partial charge in [0, 0.05) is 18.5 Å². The van der Waals surface area contributed by atoms with Gasteiger partial charge in [0.2, 0.25) is 5.89 Å². The molecule has 2 aromatic heterocycles. The molecule has 0 aromatic carbocycles. The van der Waals surface area contributed by atoms with Gasteiger partial charge in [0.05, 0.1) is 12.2 Å². The van der Waals surface area contributed by atoms with E-state index in [4.69, 9.17) is 4.52 Å². The molecule has 7 nitrogen and oxygen atoms in total. The van der Waals surface area contributed by atoms with E-state index in [1.807, 2.05) is 6.07 Å². The Morgan fingerprint density at radius 1 is 1.22 bits per heavy atom. The summed E-state index contributed by atoms with van der Waals surface area (Å²) in [6.45, 7) is 7.56. The monoisotopic (exact) mass is 371 g/mol. The predicted octanol–water partition coefficient (Wildman–Crippen LogP) is 2.54. The van der Waals surface area contributed by atoms with Crippen LogP contribution in [0.1, 0.15) is 68.4 Å². The number of aryl methyl sites for hydroxylation is 2. The van der Waals surface area contributed by atoms with E-state index in [0.29, 0.717) is 18.4 Å². The molecule has 2 aromatic rings. The number of rotatable bonds is 5. The normalized spacial score (nSPS) is 18.8. The van der Waals surface area contributed by atoms with Crippen molar-refractivity contribution in [1.29, 1.82) is 0 Å².